The Hall–Kier alpha value is -2.12. The lowest BCUT2D eigenvalue weighted by Gasteiger charge is -2.49. The average Bonchev–Trinajstić information content (AvgIpc) is 1.76. The number of hydrogen-bond donors (Lipinski definition) is 1. The summed E-state index contributed by atoms with van der Waals surface area (Å²) in [6, 6.07) is 11.9. The summed E-state index contributed by atoms with van der Waals surface area (Å²) in [7, 11) is -9.77. The van der Waals surface area contributed by atoms with E-state index < -0.39 is 126 Å². The van der Waals surface area contributed by atoms with Crippen LogP contribution in [0.25, 0.3) is 0 Å². The van der Waals surface area contributed by atoms with Crippen molar-refractivity contribution in [2.24, 2.45) is 45.8 Å². The fraction of sp³-hybridized carbons (Fsp3) is 0.875. The molecule has 25 heteroatoms. The molecule has 0 amide bonds. The van der Waals surface area contributed by atoms with Crippen molar-refractivity contribution in [2.75, 3.05) is 6.61 Å². The molecule has 10 unspecified atom stereocenters. The van der Waals surface area contributed by atoms with E-state index in [1.807, 2.05) is 20.8 Å². The normalized spacial score (nSPS) is 23.4. The van der Waals surface area contributed by atoms with E-state index in [0.717, 1.165) is 44.9 Å². The van der Waals surface area contributed by atoms with Crippen molar-refractivity contribution < 1.29 is 89.7 Å². The Labute approximate surface area is 589 Å². The van der Waals surface area contributed by atoms with E-state index in [-0.39, 0.29) is 38.6 Å². The van der Waals surface area contributed by atoms with E-state index in [2.05, 4.69) is 137 Å². The van der Waals surface area contributed by atoms with Gasteiger partial charge in [0.2, 0.25) is 0 Å². The molecule has 2 bridgehead atoms. The first-order valence-corrected chi connectivity index (χ1v) is 49.7. The lowest BCUT2D eigenvalue weighted by atomic mass is 9.79. The minimum atomic E-state index is -4.79. The number of rotatable bonds is 19. The van der Waals surface area contributed by atoms with Crippen LogP contribution in [0.2, 0.25) is 77.1 Å². The van der Waals surface area contributed by atoms with Crippen molar-refractivity contribution in [3.63, 3.8) is 0 Å². The number of benzene rings is 1. The van der Waals surface area contributed by atoms with Crippen LogP contribution in [0.4, 0.5) is 39.5 Å². The van der Waals surface area contributed by atoms with E-state index in [9.17, 15) is 59.0 Å². The van der Waals surface area contributed by atoms with Gasteiger partial charge in [0.1, 0.15) is 11.7 Å². The molecule has 1 aliphatic heterocycles. The molecule has 4 aliphatic rings. The van der Waals surface area contributed by atoms with E-state index in [0.29, 0.717) is 44.3 Å². The summed E-state index contributed by atoms with van der Waals surface area (Å²) < 4.78 is 157. The second kappa shape index (κ2) is 40.2. The smallest absolute Gasteiger partial charge is 0.416 e. The number of halogens is 9. The van der Waals surface area contributed by atoms with Gasteiger partial charge in [-0.25, -0.2) is 0 Å². The van der Waals surface area contributed by atoms with Gasteiger partial charge in [0.15, 0.2) is 16.4 Å². The molecule has 1 aromatic rings. The van der Waals surface area contributed by atoms with Crippen molar-refractivity contribution >= 4 is 60.2 Å². The Morgan fingerprint density at radius 2 is 1.05 bits per heavy atom. The topological polar surface area (TPSA) is 136 Å². The van der Waals surface area contributed by atoms with Gasteiger partial charge >= 0.3 is 70.7 Å². The van der Waals surface area contributed by atoms with Crippen LogP contribution in [-0.4, -0.2) is 108 Å². The maximum absolute atomic E-state index is 13.2. The van der Waals surface area contributed by atoms with Crippen molar-refractivity contribution in [2.45, 2.75) is 354 Å². The molecule has 1 heterocycles. The average molecular weight is 1490 g/mol. The molecule has 11 nitrogen and oxygen atoms in total. The third-order valence-corrected chi connectivity index (χ3v) is 38.7. The predicted octanol–water partition coefficient (Wildman–Crippen LogP) is 23.8. The summed E-state index contributed by atoms with van der Waals surface area (Å²) >= 11 is 0. The zero-order chi connectivity index (χ0) is 74.6. The number of aliphatic hydroxyl groups is 1. The number of carbonyl (C=O) groups is 3. The Balaban J connectivity index is -0.00000112. The van der Waals surface area contributed by atoms with Crippen LogP contribution in [0.5, 0.6) is 0 Å². The summed E-state index contributed by atoms with van der Waals surface area (Å²) in [4.78, 5) is 35.2. The van der Waals surface area contributed by atoms with Gasteiger partial charge < -0.3 is 35.8 Å². The molecule has 1 saturated heterocycles. The van der Waals surface area contributed by atoms with Gasteiger partial charge in [0.25, 0.3) is 0 Å². The summed E-state index contributed by atoms with van der Waals surface area (Å²) in [5.41, 5.74) is -7.26. The Morgan fingerprint density at radius 1 is 0.598 bits per heavy atom. The van der Waals surface area contributed by atoms with Gasteiger partial charge in [-0.1, -0.05) is 178 Å². The van der Waals surface area contributed by atoms with E-state index in [1.54, 1.807) is 0 Å². The van der Waals surface area contributed by atoms with Crippen molar-refractivity contribution in [3.05, 3.63) is 35.9 Å². The number of carbonyl (C=O) groups excluding carboxylic acids is 3. The third-order valence-electron chi connectivity index (χ3n) is 19.6. The first-order chi connectivity index (χ1) is 42.7. The van der Waals surface area contributed by atoms with Crippen LogP contribution in [0.1, 0.15) is 247 Å². The number of esters is 3. The van der Waals surface area contributed by atoms with Crippen LogP contribution >= 0.6 is 0 Å². The minimum Gasteiger partial charge on any atom is -0.465 e. The van der Waals surface area contributed by atoms with Crippen LogP contribution < -0.4 is 0 Å². The highest BCUT2D eigenvalue weighted by molar-refractivity contribution is 6.93. The summed E-state index contributed by atoms with van der Waals surface area (Å²) in [5, 5.41) is 9.70. The van der Waals surface area contributed by atoms with Crippen molar-refractivity contribution in [1.82, 2.24) is 0 Å². The van der Waals surface area contributed by atoms with Crippen molar-refractivity contribution in [1.29, 1.82) is 0 Å². The number of hydrogen-bond acceptors (Lipinski definition) is 11. The molecule has 3 aliphatic carbocycles. The SMILES string of the molecule is C.C.CCC(C)(C(=O)OC(C)(C)C)C(F)(F)F.CCC(C)(C(=O)OC1CC2CC(CC(C)(O)C(F)(F)F)C1C2)C(F)(F)F.CCC(C)(C)C(=O)OCCC[Si](C)(C)C.CCC(C)C1CCCCC1.CCC(C)[Si]1(C)O[Si](C)(C)O[Si](C)(C)O[Si](C)(C)O1.CCC(C)c1ccccc1. The Bertz CT molecular complexity index is 2390. The fourth-order valence-electron chi connectivity index (χ4n) is 12.0. The fourth-order valence-corrected chi connectivity index (χ4v) is 35.0. The molecule has 4 fully saturated rings. The molecule has 1 N–H and O–H groups in total. The summed E-state index contributed by atoms with van der Waals surface area (Å²) in [6.07, 6.45) is -1.99. The number of alkyl halides is 9. The summed E-state index contributed by atoms with van der Waals surface area (Å²) in [5.74, 6) is -0.878. The van der Waals surface area contributed by atoms with E-state index >= 15 is 0 Å². The molecular weight excluding hydrogens is 1350 g/mol. The van der Waals surface area contributed by atoms with Gasteiger partial charge in [-0.15, -0.1) is 0 Å². The van der Waals surface area contributed by atoms with Crippen LogP contribution in [0.15, 0.2) is 30.3 Å². The highest BCUT2D eigenvalue weighted by Gasteiger charge is 2.61. The van der Waals surface area contributed by atoms with Gasteiger partial charge in [0.05, 0.1) is 12.0 Å². The third kappa shape index (κ3) is 33.5. The monoisotopic (exact) mass is 1490 g/mol. The first-order valence-electron chi connectivity index (χ1n) is 35.1. The van der Waals surface area contributed by atoms with Crippen LogP contribution in [0, 0.1) is 45.8 Å². The largest absolute Gasteiger partial charge is 0.465 e. The second-order valence-electron chi connectivity index (χ2n) is 32.3. The first kappa shape index (κ1) is 99.1. The molecule has 0 radical (unpaired) electrons. The summed E-state index contributed by atoms with van der Waals surface area (Å²) in [6.45, 7) is 51.4. The molecule has 0 spiro atoms. The quantitative estimate of drug-likeness (QED) is 0.0466. The zero-order valence-electron chi connectivity index (χ0n) is 63.7. The number of ether oxygens (including phenoxy) is 3. The molecule has 97 heavy (non-hydrogen) atoms. The molecule has 1 aromatic carbocycles. The van der Waals surface area contributed by atoms with E-state index in [1.165, 1.54) is 91.2 Å². The lowest BCUT2D eigenvalue weighted by molar-refractivity contribution is -0.260. The van der Waals surface area contributed by atoms with Crippen LogP contribution in [-0.2, 0) is 45.1 Å². The number of fused-ring (bicyclic) bond motifs is 2. The van der Waals surface area contributed by atoms with Crippen molar-refractivity contribution in [3.8, 4) is 0 Å². The Kier molecular flexibility index (Phi) is 41.1. The maximum Gasteiger partial charge on any atom is 0.416 e. The van der Waals surface area contributed by atoms with Gasteiger partial charge in [-0.3, -0.25) is 14.4 Å². The molecule has 0 aromatic heterocycles. The molecule has 5 rings (SSSR count). The standard InChI is InChI=1S/C17H24F6O3.C12H26O2Si.C11H30O4Si4.C10H17F3O2.C10H20.C10H14.2CH4/c1-4-14(2,16(18,19)20)13(24)26-12-7-9-5-10(11(12)6-9)8-15(3,25)17(21,22)23;1-7-12(2,3)11(13)14-9-8-10-15(4,5)6;1-10-11(2)19(9)14-17(5,6)12-16(3,4)13-18(7,8)15-19;1-6-9(5,10(11,12)13)7(14)15-8(2,3)4;2*1-3-9(2)10-7-5-4-6-8-10;;/h9-12,25H,4-8H2,1-3H3;7-10H2,1-6H3;11H,10H2,1-9H3;6H2,1-5H3;9-10H,3-8H2,1-2H3;4-9H,3H2,1-2H3;2*1H4. The van der Waals surface area contributed by atoms with Gasteiger partial charge in [-0.2, -0.15) is 39.5 Å². The van der Waals surface area contributed by atoms with Gasteiger partial charge in [-0.05, 0) is 206 Å². The second-order valence-corrected chi connectivity index (χ2v) is 52.6. The predicted molar refractivity (Wildman–Crippen MR) is 391 cm³/mol. The molecule has 3 saturated carbocycles. The highest BCUT2D eigenvalue weighted by Crippen LogP contribution is 2.55. The van der Waals surface area contributed by atoms with Crippen LogP contribution in [0.3, 0.4) is 0 Å². The minimum absolute atomic E-state index is 0. The lowest BCUT2D eigenvalue weighted by Crippen LogP contribution is -2.66. The maximum atomic E-state index is 13.2. The Morgan fingerprint density at radius 3 is 1.42 bits per heavy atom. The zero-order valence-corrected chi connectivity index (χ0v) is 68.7. The molecular formula is C72H139F9O11Si5. The molecule has 576 valence electrons. The van der Waals surface area contributed by atoms with E-state index in [4.69, 9.17) is 30.7 Å². The van der Waals surface area contributed by atoms with Gasteiger partial charge in [0, 0.05) is 8.07 Å². The highest BCUT2D eigenvalue weighted by atomic mass is 28.5. The molecule has 10 atom stereocenters.